The number of hydrogen-bond acceptors (Lipinski definition) is 6. The van der Waals surface area contributed by atoms with Crippen molar-refractivity contribution >= 4 is 13.7 Å². The molecule has 17 heteroatoms. The molecular formula is C14H7F10O6P. The molecule has 0 atom stereocenters. The molecule has 2 heterocycles. The van der Waals surface area contributed by atoms with E-state index in [0.29, 0.717) is 0 Å². The first kappa shape index (κ1) is 23.2. The monoisotopic (exact) mass is 492 g/mol. The zero-order chi connectivity index (χ0) is 23.5. The summed E-state index contributed by atoms with van der Waals surface area (Å²) in [4.78, 5) is 12.2. The van der Waals surface area contributed by atoms with Gasteiger partial charge in [-0.1, -0.05) is 0 Å². The van der Waals surface area contributed by atoms with Crippen molar-refractivity contribution in [2.45, 2.75) is 24.7 Å². The van der Waals surface area contributed by atoms with Crippen molar-refractivity contribution in [2.24, 2.45) is 0 Å². The Balaban J connectivity index is 2.16. The van der Waals surface area contributed by atoms with E-state index in [-0.39, 0.29) is 0 Å². The number of rotatable bonds is 4. The van der Waals surface area contributed by atoms with Gasteiger partial charge in [0.1, 0.15) is 0 Å². The van der Waals surface area contributed by atoms with Crippen LogP contribution in [0, 0.1) is 0 Å². The van der Waals surface area contributed by atoms with E-state index in [2.05, 4.69) is 18.1 Å². The van der Waals surface area contributed by atoms with E-state index < -0.39 is 67.8 Å². The Morgan fingerprint density at radius 3 is 1.84 bits per heavy atom. The fraction of sp³-hybridized carbons (Fsp3) is 0.357. The molecule has 174 valence electrons. The summed E-state index contributed by atoms with van der Waals surface area (Å²) in [7, 11) is -7.07. The number of carbonyl (C=O) groups is 1. The fourth-order valence-corrected chi connectivity index (χ4v) is 4.91. The Labute approximate surface area is 164 Å². The third kappa shape index (κ3) is 4.05. The van der Waals surface area contributed by atoms with E-state index in [9.17, 15) is 48.7 Å². The number of para-hydroxylation sites is 1. The molecule has 0 saturated carbocycles. The van der Waals surface area contributed by atoms with Crippen LogP contribution in [0.25, 0.3) is 0 Å². The maximum absolute atomic E-state index is 13.4. The second-order valence-corrected chi connectivity index (χ2v) is 8.36. The van der Waals surface area contributed by atoms with Crippen LogP contribution in [0.2, 0.25) is 0 Å². The van der Waals surface area contributed by atoms with Crippen LogP contribution in [-0.2, 0) is 18.1 Å². The first-order chi connectivity index (χ1) is 14.0. The zero-order valence-corrected chi connectivity index (χ0v) is 15.2. The Hall–Kier alpha value is -2.48. The molecular weight excluding hydrogens is 485 g/mol. The van der Waals surface area contributed by atoms with Crippen molar-refractivity contribution in [1.82, 2.24) is 0 Å². The second kappa shape index (κ2) is 6.76. The first-order valence-corrected chi connectivity index (χ1v) is 9.47. The summed E-state index contributed by atoms with van der Waals surface area (Å²) >= 11 is 0. The molecule has 1 aromatic rings. The molecule has 0 radical (unpaired) electrons. The van der Waals surface area contributed by atoms with Gasteiger partial charge in [-0.15, -0.1) is 0 Å². The number of allylic oxidation sites excluding steroid dienone is 2. The molecule has 0 aliphatic carbocycles. The molecule has 6 nitrogen and oxygen atoms in total. The first-order valence-electron chi connectivity index (χ1n) is 7.64. The molecule has 0 bridgehead atoms. The van der Waals surface area contributed by atoms with Gasteiger partial charge in [-0.3, -0.25) is 0 Å². The number of benzene rings is 1. The quantitative estimate of drug-likeness (QED) is 0.399. The SMILES string of the molecule is O=C1OP2(OCC(F)(F)C(F)F)(OC(C(F)(F)F)=C(C(F)(F)F)O2)Oc2ccccc21. The van der Waals surface area contributed by atoms with Crippen molar-refractivity contribution in [1.29, 1.82) is 0 Å². The van der Waals surface area contributed by atoms with Crippen LogP contribution in [-0.4, -0.2) is 37.3 Å². The van der Waals surface area contributed by atoms with Gasteiger partial charge in [0, 0.05) is 0 Å². The molecule has 3 rings (SSSR count). The maximum atomic E-state index is 13.4. The van der Waals surface area contributed by atoms with Crippen LogP contribution in [0.5, 0.6) is 5.75 Å². The number of halogens is 10. The van der Waals surface area contributed by atoms with E-state index in [1.54, 1.807) is 0 Å². The van der Waals surface area contributed by atoms with E-state index in [0.717, 1.165) is 18.2 Å². The Bertz CT molecular complexity index is 914. The van der Waals surface area contributed by atoms with Crippen LogP contribution in [0.3, 0.4) is 0 Å². The van der Waals surface area contributed by atoms with Gasteiger partial charge in [-0.25, -0.2) is 0 Å². The predicted molar refractivity (Wildman–Crippen MR) is 77.6 cm³/mol. The molecule has 2 aliphatic heterocycles. The van der Waals surface area contributed by atoms with Gasteiger partial charge in [0.15, 0.2) is 0 Å². The Morgan fingerprint density at radius 1 is 0.839 bits per heavy atom. The Kier molecular flexibility index (Phi) is 5.05. The van der Waals surface area contributed by atoms with Crippen LogP contribution in [0.4, 0.5) is 43.9 Å². The third-order valence-electron chi connectivity index (χ3n) is 3.58. The van der Waals surface area contributed by atoms with Crippen molar-refractivity contribution in [3.05, 3.63) is 41.3 Å². The summed E-state index contributed by atoms with van der Waals surface area (Å²) in [5, 5.41) is 0. The minimum absolute atomic E-state index is 0.580. The van der Waals surface area contributed by atoms with Gasteiger partial charge in [0.2, 0.25) is 0 Å². The van der Waals surface area contributed by atoms with E-state index in [1.807, 2.05) is 0 Å². The topological polar surface area (TPSA) is 63.2 Å². The van der Waals surface area contributed by atoms with Gasteiger partial charge < -0.3 is 0 Å². The summed E-state index contributed by atoms with van der Waals surface area (Å²) in [6.45, 7) is -2.59. The van der Waals surface area contributed by atoms with Crippen LogP contribution in [0.1, 0.15) is 10.4 Å². The molecule has 0 N–H and O–H groups in total. The summed E-state index contributed by atoms with van der Waals surface area (Å²) in [6, 6.07) is 4.01. The molecule has 2 aliphatic rings. The van der Waals surface area contributed by atoms with Gasteiger partial charge >= 0.3 is 163 Å². The molecule has 1 spiro atoms. The second-order valence-electron chi connectivity index (χ2n) is 5.88. The fourth-order valence-electron chi connectivity index (χ4n) is 2.27. The summed E-state index contributed by atoms with van der Waals surface area (Å²) < 4.78 is 152. The molecule has 1 aromatic carbocycles. The van der Waals surface area contributed by atoms with Crippen molar-refractivity contribution in [3.63, 3.8) is 0 Å². The number of alkyl halides is 10. The van der Waals surface area contributed by atoms with Gasteiger partial charge in [0.25, 0.3) is 0 Å². The molecule has 0 saturated heterocycles. The van der Waals surface area contributed by atoms with E-state index in [4.69, 9.17) is 4.52 Å². The predicted octanol–water partition coefficient (Wildman–Crippen LogP) is 5.66. The molecule has 0 unspecified atom stereocenters. The standard InChI is InChI=1S/C14H7F10O6P/c15-11(16)12(17,18)5-26-31(27-7-4-2-1-3-6(7)10(25)30-31)28-8(13(19,20)21)9(29-31)14(22,23)24/h1-4,11H,5H2. The number of hydrogen-bond donors (Lipinski definition) is 0. The molecule has 0 aromatic heterocycles. The summed E-state index contributed by atoms with van der Waals surface area (Å²) in [5.74, 6) is -13.7. The van der Waals surface area contributed by atoms with Crippen LogP contribution < -0.4 is 4.52 Å². The minimum atomic E-state index is -7.07. The molecule has 0 amide bonds. The number of carbonyl (C=O) groups excluding carboxylic acids is 1. The zero-order valence-electron chi connectivity index (χ0n) is 14.3. The van der Waals surface area contributed by atoms with Gasteiger partial charge in [-0.2, -0.15) is 0 Å². The summed E-state index contributed by atoms with van der Waals surface area (Å²) in [6.07, 6.45) is -16.4. The number of fused-ring (bicyclic) bond motifs is 1. The average Bonchev–Trinajstić information content (AvgIpc) is 2.97. The van der Waals surface area contributed by atoms with Crippen LogP contribution in [0.15, 0.2) is 35.8 Å². The van der Waals surface area contributed by atoms with Gasteiger partial charge in [-0.05, 0) is 0 Å². The van der Waals surface area contributed by atoms with E-state index >= 15 is 0 Å². The van der Waals surface area contributed by atoms with Crippen molar-refractivity contribution < 1.29 is 71.3 Å². The third-order valence-corrected chi connectivity index (χ3v) is 6.05. The van der Waals surface area contributed by atoms with Crippen LogP contribution >= 0.6 is 7.74 Å². The Morgan fingerprint density at radius 2 is 1.35 bits per heavy atom. The van der Waals surface area contributed by atoms with Crippen molar-refractivity contribution in [3.8, 4) is 5.75 Å². The van der Waals surface area contributed by atoms with E-state index in [1.165, 1.54) is 6.07 Å². The summed E-state index contributed by atoms with van der Waals surface area (Å²) in [5.41, 5.74) is -0.580. The van der Waals surface area contributed by atoms with Gasteiger partial charge in [0.05, 0.1) is 0 Å². The molecule has 31 heavy (non-hydrogen) atoms. The molecule has 0 fully saturated rings. The van der Waals surface area contributed by atoms with Crippen molar-refractivity contribution in [2.75, 3.05) is 6.61 Å². The average molecular weight is 492 g/mol. The normalized spacial score (nSPS) is 21.5.